The third-order valence-corrected chi connectivity index (χ3v) is 3.51. The van der Waals surface area contributed by atoms with Crippen molar-refractivity contribution < 1.29 is 9.72 Å². The lowest BCUT2D eigenvalue weighted by Crippen LogP contribution is -2.38. The van der Waals surface area contributed by atoms with E-state index in [1.165, 1.54) is 12.1 Å². The van der Waals surface area contributed by atoms with E-state index < -0.39 is 11.0 Å². The summed E-state index contributed by atoms with van der Waals surface area (Å²) in [4.78, 5) is 22.4. The van der Waals surface area contributed by atoms with Crippen LogP contribution < -0.4 is 10.6 Å². The maximum atomic E-state index is 12.2. The molecule has 0 bridgehead atoms. The van der Waals surface area contributed by atoms with E-state index in [9.17, 15) is 14.9 Å². The molecule has 2 aromatic rings. The predicted octanol–water partition coefficient (Wildman–Crippen LogP) is 3.27. The van der Waals surface area contributed by atoms with E-state index in [0.717, 1.165) is 5.56 Å². The number of nitro benzene ring substituents is 1. The molecule has 2 aromatic carbocycles. The number of benzene rings is 2. The van der Waals surface area contributed by atoms with Gasteiger partial charge in [-0.25, -0.2) is 0 Å². The topological polar surface area (TPSA) is 84.3 Å². The summed E-state index contributed by atoms with van der Waals surface area (Å²) in [5.41, 5.74) is 1.71. The lowest BCUT2D eigenvalue weighted by atomic mass is 10.1. The fourth-order valence-electron chi connectivity index (χ4n) is 2.16. The van der Waals surface area contributed by atoms with Crippen LogP contribution in [0.1, 0.15) is 25.5 Å². The van der Waals surface area contributed by atoms with E-state index in [-0.39, 0.29) is 17.6 Å². The number of rotatable bonds is 6. The van der Waals surface area contributed by atoms with E-state index in [0.29, 0.717) is 5.69 Å². The Kier molecular flexibility index (Phi) is 5.30. The van der Waals surface area contributed by atoms with Gasteiger partial charge >= 0.3 is 0 Å². The second kappa shape index (κ2) is 7.40. The standard InChI is InChI=1S/C17H19N3O3/c1-12(14-6-4-3-5-7-14)19-17(21)13(2)18-15-8-10-16(11-9-15)20(22)23/h3-13,18H,1-2H3,(H,19,21)/t12-,13-/m1/s1. The normalized spacial score (nSPS) is 13.0. The molecule has 2 N–H and O–H groups in total. The van der Waals surface area contributed by atoms with Crippen LogP contribution in [0.5, 0.6) is 0 Å². The molecule has 0 radical (unpaired) electrons. The Hall–Kier alpha value is -2.89. The van der Waals surface area contributed by atoms with E-state index in [1.54, 1.807) is 19.1 Å². The summed E-state index contributed by atoms with van der Waals surface area (Å²) < 4.78 is 0. The predicted molar refractivity (Wildman–Crippen MR) is 89.2 cm³/mol. The first-order valence-electron chi connectivity index (χ1n) is 7.33. The van der Waals surface area contributed by atoms with Gasteiger partial charge in [-0.3, -0.25) is 14.9 Å². The molecule has 6 nitrogen and oxygen atoms in total. The van der Waals surface area contributed by atoms with Crippen LogP contribution in [0.2, 0.25) is 0 Å². The molecule has 0 saturated carbocycles. The first-order valence-corrected chi connectivity index (χ1v) is 7.33. The summed E-state index contributed by atoms with van der Waals surface area (Å²) in [6.07, 6.45) is 0. The summed E-state index contributed by atoms with van der Waals surface area (Å²) >= 11 is 0. The molecule has 23 heavy (non-hydrogen) atoms. The summed E-state index contributed by atoms with van der Waals surface area (Å²) in [7, 11) is 0. The smallest absolute Gasteiger partial charge is 0.269 e. The lowest BCUT2D eigenvalue weighted by Gasteiger charge is -2.19. The quantitative estimate of drug-likeness (QED) is 0.633. The highest BCUT2D eigenvalue weighted by Crippen LogP contribution is 2.16. The van der Waals surface area contributed by atoms with Crippen molar-refractivity contribution in [2.45, 2.75) is 25.9 Å². The van der Waals surface area contributed by atoms with Gasteiger partial charge in [0, 0.05) is 17.8 Å². The number of carbonyl (C=O) groups is 1. The SMILES string of the molecule is C[C@@H](Nc1ccc([N+](=O)[O-])cc1)C(=O)N[C@H](C)c1ccccc1. The molecule has 0 heterocycles. The van der Waals surface area contributed by atoms with E-state index in [2.05, 4.69) is 10.6 Å². The molecule has 0 fully saturated rings. The molecule has 0 aliphatic carbocycles. The van der Waals surface area contributed by atoms with Gasteiger partial charge < -0.3 is 10.6 Å². The molecule has 0 aromatic heterocycles. The van der Waals surface area contributed by atoms with Gasteiger partial charge in [-0.15, -0.1) is 0 Å². The van der Waals surface area contributed by atoms with Gasteiger partial charge in [-0.05, 0) is 31.5 Å². The first kappa shape index (κ1) is 16.5. The van der Waals surface area contributed by atoms with Gasteiger partial charge in [0.1, 0.15) is 6.04 Å². The molecule has 0 unspecified atom stereocenters. The zero-order valence-electron chi connectivity index (χ0n) is 13.0. The molecular weight excluding hydrogens is 294 g/mol. The summed E-state index contributed by atoms with van der Waals surface area (Å²) in [5, 5.41) is 16.6. The summed E-state index contributed by atoms with van der Waals surface area (Å²) in [5.74, 6) is -0.139. The number of amides is 1. The number of carbonyl (C=O) groups excluding carboxylic acids is 1. The highest BCUT2D eigenvalue weighted by molar-refractivity contribution is 5.84. The summed E-state index contributed by atoms with van der Waals surface area (Å²) in [6, 6.07) is 15.1. The largest absolute Gasteiger partial charge is 0.374 e. The van der Waals surface area contributed by atoms with Gasteiger partial charge in [0.25, 0.3) is 5.69 Å². The molecule has 6 heteroatoms. The van der Waals surface area contributed by atoms with Crippen LogP contribution in [0.15, 0.2) is 54.6 Å². The maximum absolute atomic E-state index is 12.2. The molecular formula is C17H19N3O3. The molecule has 0 saturated heterocycles. The third kappa shape index (κ3) is 4.54. The van der Waals surface area contributed by atoms with Gasteiger partial charge in [0.15, 0.2) is 0 Å². The van der Waals surface area contributed by atoms with Crippen molar-refractivity contribution in [2.75, 3.05) is 5.32 Å². The lowest BCUT2D eigenvalue weighted by molar-refractivity contribution is -0.384. The van der Waals surface area contributed by atoms with Crippen molar-refractivity contribution in [3.05, 3.63) is 70.3 Å². The molecule has 0 aliphatic rings. The number of nitro groups is 1. The van der Waals surface area contributed by atoms with Crippen molar-refractivity contribution in [1.82, 2.24) is 5.32 Å². The highest BCUT2D eigenvalue weighted by atomic mass is 16.6. The average molecular weight is 313 g/mol. The van der Waals surface area contributed by atoms with Crippen molar-refractivity contribution in [1.29, 1.82) is 0 Å². The van der Waals surface area contributed by atoms with Gasteiger partial charge in [0.2, 0.25) is 5.91 Å². The molecule has 2 rings (SSSR count). The molecule has 1 amide bonds. The van der Waals surface area contributed by atoms with E-state index >= 15 is 0 Å². The van der Waals surface area contributed by atoms with Crippen LogP contribution in [0, 0.1) is 10.1 Å². The Morgan fingerprint density at radius 2 is 1.65 bits per heavy atom. The van der Waals surface area contributed by atoms with Crippen molar-refractivity contribution in [3.63, 3.8) is 0 Å². The number of nitrogens with one attached hydrogen (secondary N) is 2. The second-order valence-electron chi connectivity index (χ2n) is 5.31. The number of non-ortho nitro benzene ring substituents is 1. The second-order valence-corrected chi connectivity index (χ2v) is 5.31. The Labute approximate surface area is 134 Å². The Morgan fingerprint density at radius 1 is 1.04 bits per heavy atom. The van der Waals surface area contributed by atoms with E-state index in [4.69, 9.17) is 0 Å². The maximum Gasteiger partial charge on any atom is 0.269 e. The molecule has 120 valence electrons. The first-order chi connectivity index (χ1) is 11.0. The molecule has 0 spiro atoms. The Bertz CT molecular complexity index is 671. The zero-order valence-corrected chi connectivity index (χ0v) is 13.0. The highest BCUT2D eigenvalue weighted by Gasteiger charge is 2.16. The zero-order chi connectivity index (χ0) is 16.8. The third-order valence-electron chi connectivity index (χ3n) is 3.51. The number of hydrogen-bond donors (Lipinski definition) is 2. The van der Waals surface area contributed by atoms with Crippen LogP contribution in [0.25, 0.3) is 0 Å². The fourth-order valence-corrected chi connectivity index (χ4v) is 2.16. The Balaban J connectivity index is 1.93. The minimum absolute atomic E-state index is 0.0188. The van der Waals surface area contributed by atoms with E-state index in [1.807, 2.05) is 37.3 Å². The van der Waals surface area contributed by atoms with Crippen LogP contribution in [-0.4, -0.2) is 16.9 Å². The minimum atomic E-state index is -0.457. The van der Waals surface area contributed by atoms with Crippen LogP contribution in [0.3, 0.4) is 0 Å². The molecule has 2 atom stereocenters. The van der Waals surface area contributed by atoms with Crippen LogP contribution in [-0.2, 0) is 4.79 Å². The van der Waals surface area contributed by atoms with Gasteiger partial charge in [0.05, 0.1) is 11.0 Å². The van der Waals surface area contributed by atoms with Crippen LogP contribution >= 0.6 is 0 Å². The molecule has 0 aliphatic heterocycles. The monoisotopic (exact) mass is 313 g/mol. The van der Waals surface area contributed by atoms with Crippen LogP contribution in [0.4, 0.5) is 11.4 Å². The number of hydrogen-bond acceptors (Lipinski definition) is 4. The van der Waals surface area contributed by atoms with Crippen molar-refractivity contribution >= 4 is 17.3 Å². The van der Waals surface area contributed by atoms with Crippen molar-refractivity contribution in [3.8, 4) is 0 Å². The average Bonchev–Trinajstić information content (AvgIpc) is 2.56. The van der Waals surface area contributed by atoms with Gasteiger partial charge in [-0.2, -0.15) is 0 Å². The fraction of sp³-hybridized carbons (Fsp3) is 0.235. The Morgan fingerprint density at radius 3 is 2.22 bits per heavy atom. The van der Waals surface area contributed by atoms with Gasteiger partial charge in [-0.1, -0.05) is 30.3 Å². The summed E-state index contributed by atoms with van der Waals surface area (Å²) in [6.45, 7) is 3.67. The minimum Gasteiger partial charge on any atom is -0.374 e. The number of nitrogens with zero attached hydrogens (tertiary/aromatic N) is 1. The van der Waals surface area contributed by atoms with Crippen molar-refractivity contribution in [2.24, 2.45) is 0 Å². The number of anilines is 1.